The van der Waals surface area contributed by atoms with Gasteiger partial charge in [-0.15, -0.1) is 0 Å². The van der Waals surface area contributed by atoms with Crippen molar-refractivity contribution in [2.75, 3.05) is 13.2 Å². The molecule has 0 saturated heterocycles. The summed E-state index contributed by atoms with van der Waals surface area (Å²) in [6, 6.07) is 7.83. The maximum absolute atomic E-state index is 12.7. The average Bonchev–Trinajstić information content (AvgIpc) is 3.23. The van der Waals surface area contributed by atoms with E-state index in [1.165, 1.54) is 0 Å². The number of rotatable bonds is 5. The van der Waals surface area contributed by atoms with E-state index in [9.17, 15) is 9.59 Å². The molecule has 1 aliphatic carbocycles. The van der Waals surface area contributed by atoms with Crippen molar-refractivity contribution in [1.29, 1.82) is 0 Å². The Hall–Kier alpha value is -2.30. The van der Waals surface area contributed by atoms with E-state index in [1.54, 1.807) is 18.0 Å². The molecule has 1 heterocycles. The summed E-state index contributed by atoms with van der Waals surface area (Å²) in [7, 11) is 0. The number of H-pyrrole nitrogens is 1. The molecule has 1 fully saturated rings. The van der Waals surface area contributed by atoms with Gasteiger partial charge in [0, 0.05) is 23.1 Å². The number of ether oxygens (including phenoxy) is 1. The number of hydrogen-bond acceptors (Lipinski definition) is 3. The number of amides is 1. The SMILES string of the molecule is CCOC(=O)CN(C(=O)c1c[nH]c2ccccc12)C1CC1. The van der Waals surface area contributed by atoms with Gasteiger partial charge in [0.05, 0.1) is 12.2 Å². The van der Waals surface area contributed by atoms with Crippen LogP contribution in [-0.4, -0.2) is 41.0 Å². The van der Waals surface area contributed by atoms with E-state index in [0.717, 1.165) is 23.7 Å². The molecule has 21 heavy (non-hydrogen) atoms. The minimum Gasteiger partial charge on any atom is -0.465 e. The Balaban J connectivity index is 1.85. The molecule has 1 N–H and O–H groups in total. The first-order chi connectivity index (χ1) is 10.2. The summed E-state index contributed by atoms with van der Waals surface area (Å²) in [6.07, 6.45) is 3.62. The van der Waals surface area contributed by atoms with Gasteiger partial charge in [0.2, 0.25) is 0 Å². The third kappa shape index (κ3) is 2.77. The predicted octanol–water partition coefficient (Wildman–Crippen LogP) is 2.34. The van der Waals surface area contributed by atoms with E-state index in [1.807, 2.05) is 24.3 Å². The molecule has 1 aromatic carbocycles. The molecule has 0 spiro atoms. The van der Waals surface area contributed by atoms with Crippen molar-refractivity contribution >= 4 is 22.8 Å². The van der Waals surface area contributed by atoms with Gasteiger partial charge in [-0.05, 0) is 25.8 Å². The molecule has 0 radical (unpaired) electrons. The van der Waals surface area contributed by atoms with E-state index in [2.05, 4.69) is 4.98 Å². The highest BCUT2D eigenvalue weighted by Crippen LogP contribution is 2.29. The summed E-state index contributed by atoms with van der Waals surface area (Å²) >= 11 is 0. The van der Waals surface area contributed by atoms with Crippen molar-refractivity contribution in [3.63, 3.8) is 0 Å². The summed E-state index contributed by atoms with van der Waals surface area (Å²) < 4.78 is 4.96. The molecule has 0 unspecified atom stereocenters. The molecule has 1 amide bonds. The maximum Gasteiger partial charge on any atom is 0.325 e. The summed E-state index contributed by atoms with van der Waals surface area (Å²) in [5, 5.41) is 0.886. The standard InChI is InChI=1S/C16H18N2O3/c1-2-21-15(19)10-18(11-7-8-11)16(20)13-9-17-14-6-4-3-5-12(13)14/h3-6,9,11,17H,2,7-8,10H2,1H3. The van der Waals surface area contributed by atoms with E-state index < -0.39 is 0 Å². The zero-order chi connectivity index (χ0) is 14.8. The van der Waals surface area contributed by atoms with E-state index in [4.69, 9.17) is 4.74 Å². The highest BCUT2D eigenvalue weighted by Gasteiger charge is 2.35. The molecule has 3 rings (SSSR count). The lowest BCUT2D eigenvalue weighted by Gasteiger charge is -2.21. The lowest BCUT2D eigenvalue weighted by molar-refractivity contribution is -0.144. The van der Waals surface area contributed by atoms with Gasteiger partial charge < -0.3 is 14.6 Å². The van der Waals surface area contributed by atoms with Crippen LogP contribution in [0.1, 0.15) is 30.1 Å². The second-order valence-corrected chi connectivity index (χ2v) is 5.22. The fourth-order valence-electron chi connectivity index (χ4n) is 2.50. The van der Waals surface area contributed by atoms with Gasteiger partial charge in [-0.2, -0.15) is 0 Å². The molecular weight excluding hydrogens is 268 g/mol. The molecule has 1 aromatic heterocycles. The Morgan fingerprint density at radius 2 is 2.10 bits per heavy atom. The number of aromatic nitrogens is 1. The largest absolute Gasteiger partial charge is 0.465 e. The average molecular weight is 286 g/mol. The number of fused-ring (bicyclic) bond motifs is 1. The van der Waals surface area contributed by atoms with Gasteiger partial charge in [0.25, 0.3) is 5.91 Å². The van der Waals surface area contributed by atoms with Crippen LogP contribution in [0.2, 0.25) is 0 Å². The predicted molar refractivity (Wildman–Crippen MR) is 79.0 cm³/mol. The van der Waals surface area contributed by atoms with Crippen molar-refractivity contribution in [3.8, 4) is 0 Å². The van der Waals surface area contributed by atoms with Crippen molar-refractivity contribution in [2.24, 2.45) is 0 Å². The lowest BCUT2D eigenvalue weighted by Crippen LogP contribution is -2.38. The second kappa shape index (κ2) is 5.60. The normalized spacial score (nSPS) is 14.1. The van der Waals surface area contributed by atoms with Crippen LogP contribution in [0.4, 0.5) is 0 Å². The minimum absolute atomic E-state index is 0.0246. The van der Waals surface area contributed by atoms with Crippen molar-refractivity contribution in [2.45, 2.75) is 25.8 Å². The van der Waals surface area contributed by atoms with Gasteiger partial charge in [-0.3, -0.25) is 9.59 Å². The molecule has 110 valence electrons. The van der Waals surface area contributed by atoms with Gasteiger partial charge >= 0.3 is 5.97 Å². The summed E-state index contributed by atoms with van der Waals surface area (Å²) in [4.78, 5) is 29.2. The van der Waals surface area contributed by atoms with Gasteiger partial charge in [-0.1, -0.05) is 18.2 Å². The van der Waals surface area contributed by atoms with Crippen molar-refractivity contribution in [1.82, 2.24) is 9.88 Å². The number of benzene rings is 1. The molecular formula is C16H18N2O3. The highest BCUT2D eigenvalue weighted by molar-refractivity contribution is 6.07. The molecule has 0 bridgehead atoms. The lowest BCUT2D eigenvalue weighted by atomic mass is 10.1. The first-order valence-corrected chi connectivity index (χ1v) is 7.23. The minimum atomic E-state index is -0.349. The Labute approximate surface area is 122 Å². The number of nitrogens with one attached hydrogen (secondary N) is 1. The van der Waals surface area contributed by atoms with E-state index >= 15 is 0 Å². The maximum atomic E-state index is 12.7. The van der Waals surface area contributed by atoms with Crippen LogP contribution in [0.25, 0.3) is 10.9 Å². The summed E-state index contributed by atoms with van der Waals surface area (Å²) in [5.41, 5.74) is 1.54. The van der Waals surface area contributed by atoms with Crippen LogP contribution < -0.4 is 0 Å². The number of carbonyl (C=O) groups excluding carboxylic acids is 2. The van der Waals surface area contributed by atoms with E-state index in [-0.39, 0.29) is 24.5 Å². The Bertz CT molecular complexity index is 673. The van der Waals surface area contributed by atoms with Crippen LogP contribution in [-0.2, 0) is 9.53 Å². The smallest absolute Gasteiger partial charge is 0.325 e. The van der Waals surface area contributed by atoms with Crippen LogP contribution in [0.5, 0.6) is 0 Å². The first kappa shape index (κ1) is 13.7. The zero-order valence-corrected chi connectivity index (χ0v) is 12.0. The number of aromatic amines is 1. The number of para-hydroxylation sites is 1. The summed E-state index contributed by atoms with van der Waals surface area (Å²) in [5.74, 6) is -0.458. The molecule has 1 aliphatic rings. The zero-order valence-electron chi connectivity index (χ0n) is 12.0. The van der Waals surface area contributed by atoms with Crippen LogP contribution in [0.15, 0.2) is 30.5 Å². The van der Waals surface area contributed by atoms with Crippen molar-refractivity contribution < 1.29 is 14.3 Å². The molecule has 2 aromatic rings. The van der Waals surface area contributed by atoms with Crippen LogP contribution >= 0.6 is 0 Å². The highest BCUT2D eigenvalue weighted by atomic mass is 16.5. The third-order valence-corrected chi connectivity index (χ3v) is 3.67. The van der Waals surface area contributed by atoms with Gasteiger partial charge in [0.1, 0.15) is 6.54 Å². The second-order valence-electron chi connectivity index (χ2n) is 5.22. The molecule has 0 atom stereocenters. The number of esters is 1. The van der Waals surface area contributed by atoms with Crippen molar-refractivity contribution in [3.05, 3.63) is 36.0 Å². The van der Waals surface area contributed by atoms with Gasteiger partial charge in [-0.25, -0.2) is 0 Å². The number of carbonyl (C=O) groups is 2. The summed E-state index contributed by atoms with van der Waals surface area (Å²) in [6.45, 7) is 2.12. The molecule has 5 nitrogen and oxygen atoms in total. The third-order valence-electron chi connectivity index (χ3n) is 3.67. The Morgan fingerprint density at radius 1 is 1.33 bits per heavy atom. The molecule has 5 heteroatoms. The quantitative estimate of drug-likeness (QED) is 0.858. The molecule has 1 saturated carbocycles. The Kier molecular flexibility index (Phi) is 3.64. The van der Waals surface area contributed by atoms with Gasteiger partial charge in [0.15, 0.2) is 0 Å². The Morgan fingerprint density at radius 3 is 2.81 bits per heavy atom. The van der Waals surface area contributed by atoms with Crippen LogP contribution in [0.3, 0.4) is 0 Å². The first-order valence-electron chi connectivity index (χ1n) is 7.23. The molecule has 0 aliphatic heterocycles. The fraction of sp³-hybridized carbons (Fsp3) is 0.375. The topological polar surface area (TPSA) is 62.4 Å². The number of hydrogen-bond donors (Lipinski definition) is 1. The van der Waals surface area contributed by atoms with Crippen LogP contribution in [0, 0.1) is 0 Å². The van der Waals surface area contributed by atoms with E-state index in [0.29, 0.717) is 12.2 Å². The number of nitrogens with zero attached hydrogens (tertiary/aromatic N) is 1. The monoisotopic (exact) mass is 286 g/mol. The fourth-order valence-corrected chi connectivity index (χ4v) is 2.50.